The van der Waals surface area contributed by atoms with Crippen molar-refractivity contribution in [3.05, 3.63) is 12.2 Å². The van der Waals surface area contributed by atoms with Gasteiger partial charge in [-0.1, -0.05) is 225 Å². The fourth-order valence-corrected chi connectivity index (χ4v) is 7.23. The first-order valence-electron chi connectivity index (χ1n) is 22.1. The molecule has 0 spiro atoms. The topological polar surface area (TPSA) is 116 Å². The summed E-state index contributed by atoms with van der Waals surface area (Å²) >= 11 is 0. The summed E-state index contributed by atoms with van der Waals surface area (Å²) in [5, 5.41) is 13.4. The molecule has 0 radical (unpaired) electrons. The standard InChI is InChI=1S/C43H86NO6P/c1-3-5-7-9-11-13-15-17-19-21-22-23-25-27-29-31-33-35-37-39-43(46)44-41(40-50-51(47,48)49)42(45)38-36-34-32-30-28-26-24-20-18-16-14-12-10-8-6-4-2/h36,38,41-42,45H,3-35,37,39-40H2,1-2H3,(H,44,46)(H2,47,48,49)/b38-36+/t41-,42+/m0/s1. The van der Waals surface area contributed by atoms with Crippen molar-refractivity contribution in [3.63, 3.8) is 0 Å². The zero-order chi connectivity index (χ0) is 37.5. The quantitative estimate of drug-likeness (QED) is 0.0281. The third-order valence-corrected chi connectivity index (χ3v) is 10.7. The van der Waals surface area contributed by atoms with Crippen LogP contribution >= 0.6 is 7.82 Å². The molecule has 0 fully saturated rings. The molecule has 0 saturated carbocycles. The summed E-state index contributed by atoms with van der Waals surface area (Å²) < 4.78 is 15.9. The summed E-state index contributed by atoms with van der Waals surface area (Å²) in [6.07, 6.45) is 46.6. The van der Waals surface area contributed by atoms with Gasteiger partial charge in [0.1, 0.15) is 0 Å². The Labute approximate surface area is 316 Å². The third kappa shape index (κ3) is 40.3. The average Bonchev–Trinajstić information content (AvgIpc) is 3.10. The summed E-state index contributed by atoms with van der Waals surface area (Å²) in [5.41, 5.74) is 0. The monoisotopic (exact) mass is 744 g/mol. The molecule has 0 aromatic rings. The highest BCUT2D eigenvalue weighted by molar-refractivity contribution is 7.46. The van der Waals surface area contributed by atoms with Gasteiger partial charge in [-0.05, 0) is 19.3 Å². The van der Waals surface area contributed by atoms with E-state index in [-0.39, 0.29) is 5.91 Å². The predicted octanol–water partition coefficient (Wildman–Crippen LogP) is 13.2. The minimum Gasteiger partial charge on any atom is -0.387 e. The fourth-order valence-electron chi connectivity index (χ4n) is 6.87. The summed E-state index contributed by atoms with van der Waals surface area (Å²) in [5.74, 6) is -0.222. The second-order valence-corrected chi connectivity index (χ2v) is 16.6. The number of hydrogen-bond acceptors (Lipinski definition) is 4. The first kappa shape index (κ1) is 50.3. The van der Waals surface area contributed by atoms with E-state index < -0.39 is 26.6 Å². The van der Waals surface area contributed by atoms with Gasteiger partial charge in [0.05, 0.1) is 18.8 Å². The van der Waals surface area contributed by atoms with E-state index in [1.165, 1.54) is 180 Å². The molecule has 0 aromatic carbocycles. The normalized spacial score (nSPS) is 13.3. The van der Waals surface area contributed by atoms with Crippen molar-refractivity contribution in [3.8, 4) is 0 Å². The van der Waals surface area contributed by atoms with Crippen LogP contribution in [0.15, 0.2) is 12.2 Å². The van der Waals surface area contributed by atoms with Crippen LogP contribution in [0.5, 0.6) is 0 Å². The molecule has 0 bridgehead atoms. The number of carbonyl (C=O) groups excluding carboxylic acids is 1. The SMILES string of the molecule is CCCCCCCCCCCCCCCC/C=C/[C@@H](O)[C@H](COP(=O)(O)O)NC(=O)CCCCCCCCCCCCCCCCCCCCC. The lowest BCUT2D eigenvalue weighted by Gasteiger charge is -2.22. The summed E-state index contributed by atoms with van der Waals surface area (Å²) in [6.45, 7) is 4.09. The number of rotatable bonds is 41. The Morgan fingerprint density at radius 1 is 0.549 bits per heavy atom. The average molecular weight is 744 g/mol. The Balaban J connectivity index is 3.90. The van der Waals surface area contributed by atoms with E-state index in [1.54, 1.807) is 6.08 Å². The Morgan fingerprint density at radius 3 is 1.20 bits per heavy atom. The minimum atomic E-state index is -4.71. The molecule has 7 nitrogen and oxygen atoms in total. The molecule has 0 unspecified atom stereocenters. The third-order valence-electron chi connectivity index (χ3n) is 10.2. The van der Waals surface area contributed by atoms with Crippen LogP contribution in [0.25, 0.3) is 0 Å². The second-order valence-electron chi connectivity index (χ2n) is 15.4. The van der Waals surface area contributed by atoms with Gasteiger partial charge in [0.25, 0.3) is 0 Å². The summed E-state index contributed by atoms with van der Waals surface area (Å²) in [7, 11) is -4.71. The van der Waals surface area contributed by atoms with E-state index in [0.717, 1.165) is 38.5 Å². The number of unbranched alkanes of at least 4 members (excludes halogenated alkanes) is 32. The van der Waals surface area contributed by atoms with Crippen LogP contribution in [0.2, 0.25) is 0 Å². The van der Waals surface area contributed by atoms with Gasteiger partial charge in [-0.15, -0.1) is 0 Å². The van der Waals surface area contributed by atoms with Crippen LogP contribution < -0.4 is 5.32 Å². The van der Waals surface area contributed by atoms with Crippen molar-refractivity contribution in [1.82, 2.24) is 5.32 Å². The van der Waals surface area contributed by atoms with Crippen LogP contribution in [0, 0.1) is 0 Å². The molecular weight excluding hydrogens is 657 g/mol. The number of amides is 1. The van der Waals surface area contributed by atoms with Crippen molar-refractivity contribution in [1.29, 1.82) is 0 Å². The predicted molar refractivity (Wildman–Crippen MR) is 218 cm³/mol. The highest BCUT2D eigenvalue weighted by Gasteiger charge is 2.24. The van der Waals surface area contributed by atoms with Gasteiger partial charge in [0.15, 0.2) is 0 Å². The van der Waals surface area contributed by atoms with E-state index in [9.17, 15) is 14.5 Å². The van der Waals surface area contributed by atoms with Crippen LogP contribution in [0.1, 0.15) is 239 Å². The van der Waals surface area contributed by atoms with Gasteiger partial charge in [-0.3, -0.25) is 9.32 Å². The van der Waals surface area contributed by atoms with Crippen molar-refractivity contribution in [2.24, 2.45) is 0 Å². The highest BCUT2D eigenvalue weighted by atomic mass is 31.2. The molecule has 4 N–H and O–H groups in total. The lowest BCUT2D eigenvalue weighted by Crippen LogP contribution is -2.45. The van der Waals surface area contributed by atoms with Crippen molar-refractivity contribution in [2.75, 3.05) is 6.61 Å². The zero-order valence-corrected chi connectivity index (χ0v) is 34.7. The maximum Gasteiger partial charge on any atom is 0.469 e. The number of aliphatic hydroxyl groups excluding tert-OH is 1. The second kappa shape index (κ2) is 39.0. The lowest BCUT2D eigenvalue weighted by atomic mass is 10.0. The molecule has 304 valence electrons. The molecule has 51 heavy (non-hydrogen) atoms. The van der Waals surface area contributed by atoms with Gasteiger partial charge in [0, 0.05) is 6.42 Å². The minimum absolute atomic E-state index is 0.222. The molecule has 0 saturated heterocycles. The van der Waals surface area contributed by atoms with Crippen LogP contribution in [0.3, 0.4) is 0 Å². The molecule has 0 aromatic heterocycles. The Kier molecular flexibility index (Phi) is 38.4. The van der Waals surface area contributed by atoms with E-state index in [4.69, 9.17) is 9.79 Å². The first-order valence-corrected chi connectivity index (χ1v) is 23.7. The van der Waals surface area contributed by atoms with Gasteiger partial charge in [0.2, 0.25) is 5.91 Å². The number of carbonyl (C=O) groups is 1. The smallest absolute Gasteiger partial charge is 0.387 e. The Hall–Kier alpha value is -0.720. The summed E-state index contributed by atoms with van der Waals surface area (Å²) in [4.78, 5) is 30.9. The van der Waals surface area contributed by atoms with E-state index in [1.807, 2.05) is 6.08 Å². The molecule has 2 atom stereocenters. The number of phosphoric acid groups is 1. The van der Waals surface area contributed by atoms with Gasteiger partial charge < -0.3 is 20.2 Å². The largest absolute Gasteiger partial charge is 0.469 e. The van der Waals surface area contributed by atoms with Gasteiger partial charge in [-0.25, -0.2) is 4.57 Å². The van der Waals surface area contributed by atoms with Crippen LogP contribution in [-0.4, -0.2) is 39.6 Å². The van der Waals surface area contributed by atoms with E-state index >= 15 is 0 Å². The molecule has 0 aliphatic rings. The van der Waals surface area contributed by atoms with Crippen LogP contribution in [-0.2, 0) is 13.9 Å². The lowest BCUT2D eigenvalue weighted by molar-refractivity contribution is -0.123. The molecule has 0 heterocycles. The molecule has 1 amide bonds. The zero-order valence-electron chi connectivity index (χ0n) is 33.8. The maximum absolute atomic E-state index is 12.6. The number of phosphoric ester groups is 1. The van der Waals surface area contributed by atoms with Crippen LogP contribution in [0.4, 0.5) is 0 Å². The van der Waals surface area contributed by atoms with Crippen molar-refractivity contribution >= 4 is 13.7 Å². The highest BCUT2D eigenvalue weighted by Crippen LogP contribution is 2.35. The fraction of sp³-hybridized carbons (Fsp3) is 0.930. The maximum atomic E-state index is 12.6. The number of aliphatic hydroxyl groups is 1. The van der Waals surface area contributed by atoms with E-state index in [0.29, 0.717) is 6.42 Å². The van der Waals surface area contributed by atoms with Gasteiger partial charge in [-0.2, -0.15) is 0 Å². The van der Waals surface area contributed by atoms with Crippen molar-refractivity contribution < 1.29 is 28.8 Å². The van der Waals surface area contributed by atoms with E-state index in [2.05, 4.69) is 23.7 Å². The molecular formula is C43H86NO6P. The number of allylic oxidation sites excluding steroid dienone is 1. The molecule has 0 rings (SSSR count). The Morgan fingerprint density at radius 2 is 0.863 bits per heavy atom. The van der Waals surface area contributed by atoms with Crippen molar-refractivity contribution in [2.45, 2.75) is 251 Å². The molecule has 8 heteroatoms. The summed E-state index contributed by atoms with van der Waals surface area (Å²) in [6, 6.07) is -0.905. The number of hydrogen-bond donors (Lipinski definition) is 4. The number of nitrogens with one attached hydrogen (secondary N) is 1. The first-order chi connectivity index (χ1) is 24.8. The van der Waals surface area contributed by atoms with Gasteiger partial charge >= 0.3 is 7.82 Å². The Bertz CT molecular complexity index is 803. The molecule has 0 aliphatic heterocycles. The molecule has 0 aliphatic carbocycles.